The van der Waals surface area contributed by atoms with E-state index in [9.17, 15) is 8.42 Å². The van der Waals surface area contributed by atoms with E-state index in [-0.39, 0.29) is 10.0 Å². The molecule has 0 fully saturated rings. The number of rotatable bonds is 6. The maximum atomic E-state index is 12.3. The van der Waals surface area contributed by atoms with Crippen LogP contribution in [0.5, 0.6) is 5.75 Å². The fraction of sp³-hybridized carbons (Fsp3) is 0.158. The summed E-state index contributed by atoms with van der Waals surface area (Å²) in [5.41, 5.74) is 2.37. The van der Waals surface area contributed by atoms with E-state index < -0.39 is 10.0 Å². The van der Waals surface area contributed by atoms with Crippen LogP contribution in [0.2, 0.25) is 5.15 Å². The molecule has 6 nitrogen and oxygen atoms in total. The fourth-order valence-corrected chi connectivity index (χ4v) is 3.45. The predicted octanol–water partition coefficient (Wildman–Crippen LogP) is 3.91. The molecule has 0 aliphatic rings. The molecule has 1 heterocycles. The first-order chi connectivity index (χ1) is 12.9. The van der Waals surface area contributed by atoms with Crippen LogP contribution in [0.3, 0.4) is 0 Å². The molecule has 0 atom stereocenters. The Morgan fingerprint density at radius 2 is 1.93 bits per heavy atom. The molecule has 0 saturated carbocycles. The molecule has 2 aromatic carbocycles. The Hall–Kier alpha value is -2.64. The summed E-state index contributed by atoms with van der Waals surface area (Å²) in [4.78, 5) is 6.58. The van der Waals surface area contributed by atoms with Crippen LogP contribution in [0.15, 0.2) is 58.5 Å². The Labute approximate surface area is 162 Å². The second-order valence-electron chi connectivity index (χ2n) is 5.82. The number of nitrogens with zero attached hydrogens (tertiary/aromatic N) is 2. The zero-order valence-electron chi connectivity index (χ0n) is 14.8. The second kappa shape index (κ2) is 7.94. The third-order valence-corrected chi connectivity index (χ3v) is 5.32. The van der Waals surface area contributed by atoms with E-state index in [1.54, 1.807) is 18.2 Å². The zero-order valence-corrected chi connectivity index (χ0v) is 16.4. The van der Waals surface area contributed by atoms with Crippen molar-refractivity contribution in [1.82, 2.24) is 9.82 Å². The largest absolute Gasteiger partial charge is 0.494 e. The van der Waals surface area contributed by atoms with Crippen LogP contribution in [0.1, 0.15) is 18.1 Å². The van der Waals surface area contributed by atoms with Gasteiger partial charge in [0, 0.05) is 10.9 Å². The summed E-state index contributed by atoms with van der Waals surface area (Å²) in [6, 6.07) is 13.7. The summed E-state index contributed by atoms with van der Waals surface area (Å²) in [6.45, 7) is 4.34. The fourth-order valence-electron chi connectivity index (χ4n) is 2.46. The van der Waals surface area contributed by atoms with Crippen LogP contribution in [-0.4, -0.2) is 26.2 Å². The Balaban J connectivity index is 1.78. The third kappa shape index (κ3) is 4.56. The summed E-state index contributed by atoms with van der Waals surface area (Å²) in [5.74, 6) is 0.601. The third-order valence-electron chi connectivity index (χ3n) is 3.78. The van der Waals surface area contributed by atoms with E-state index in [0.29, 0.717) is 17.9 Å². The minimum Gasteiger partial charge on any atom is -0.494 e. The normalized spacial score (nSPS) is 11.8. The first-order valence-corrected chi connectivity index (χ1v) is 10.1. The molecule has 0 unspecified atom stereocenters. The molecular formula is C19H18ClN3O3S. The number of fused-ring (bicyclic) bond motifs is 1. The zero-order chi connectivity index (χ0) is 19.4. The van der Waals surface area contributed by atoms with Crippen molar-refractivity contribution in [2.24, 2.45) is 5.10 Å². The van der Waals surface area contributed by atoms with Crippen LogP contribution in [0.4, 0.5) is 0 Å². The van der Waals surface area contributed by atoms with Gasteiger partial charge in [0.05, 0.1) is 23.2 Å². The highest BCUT2D eigenvalue weighted by Crippen LogP contribution is 2.20. The number of aromatic nitrogens is 1. The van der Waals surface area contributed by atoms with E-state index in [4.69, 9.17) is 16.3 Å². The predicted molar refractivity (Wildman–Crippen MR) is 107 cm³/mol. The van der Waals surface area contributed by atoms with Gasteiger partial charge in [-0.05, 0) is 55.8 Å². The van der Waals surface area contributed by atoms with E-state index in [1.165, 1.54) is 18.3 Å². The lowest BCUT2D eigenvalue weighted by Crippen LogP contribution is -2.18. The van der Waals surface area contributed by atoms with Gasteiger partial charge in [0.15, 0.2) is 0 Å². The van der Waals surface area contributed by atoms with Crippen LogP contribution in [-0.2, 0) is 10.0 Å². The number of nitrogens with one attached hydrogen (secondary N) is 1. The van der Waals surface area contributed by atoms with Crippen LogP contribution in [0.25, 0.3) is 10.9 Å². The van der Waals surface area contributed by atoms with Gasteiger partial charge in [0.25, 0.3) is 10.0 Å². The lowest BCUT2D eigenvalue weighted by atomic mass is 10.1. The van der Waals surface area contributed by atoms with Crippen LogP contribution < -0.4 is 9.57 Å². The SMILES string of the molecule is CCOc1ccc(S(=O)(=O)N/N=C\c2cc3ccc(C)cc3nc2Cl)cc1. The summed E-state index contributed by atoms with van der Waals surface area (Å²) in [5, 5.41) is 4.95. The number of aryl methyl sites for hydroxylation is 1. The second-order valence-corrected chi connectivity index (χ2v) is 7.84. The number of pyridine rings is 1. The van der Waals surface area contributed by atoms with Crippen molar-refractivity contribution in [3.63, 3.8) is 0 Å². The number of halogens is 1. The molecule has 0 saturated heterocycles. The summed E-state index contributed by atoms with van der Waals surface area (Å²) in [7, 11) is -3.79. The van der Waals surface area contributed by atoms with Crippen molar-refractivity contribution < 1.29 is 13.2 Å². The average Bonchev–Trinajstić information content (AvgIpc) is 2.63. The standard InChI is InChI=1S/C19H18ClN3O3S/c1-3-26-16-6-8-17(9-7-16)27(24,25)23-21-12-15-11-14-5-4-13(2)10-18(14)22-19(15)20/h4-12,23H,3H2,1-2H3/b21-12-. The van der Waals surface area contributed by atoms with Crippen molar-refractivity contribution in [2.45, 2.75) is 18.7 Å². The van der Waals surface area contributed by atoms with Gasteiger partial charge in [-0.1, -0.05) is 23.7 Å². The number of sulfonamides is 1. The summed E-state index contributed by atoms with van der Waals surface area (Å²) >= 11 is 6.18. The highest BCUT2D eigenvalue weighted by Gasteiger charge is 2.12. The van der Waals surface area contributed by atoms with Crippen molar-refractivity contribution >= 4 is 38.7 Å². The van der Waals surface area contributed by atoms with Crippen LogP contribution >= 0.6 is 11.6 Å². The lowest BCUT2D eigenvalue weighted by molar-refractivity contribution is 0.340. The highest BCUT2D eigenvalue weighted by atomic mass is 35.5. The van der Waals surface area contributed by atoms with Gasteiger partial charge in [-0.2, -0.15) is 13.5 Å². The first kappa shape index (κ1) is 19.1. The molecular weight excluding hydrogens is 386 g/mol. The maximum Gasteiger partial charge on any atom is 0.276 e. The highest BCUT2D eigenvalue weighted by molar-refractivity contribution is 7.89. The van der Waals surface area contributed by atoms with Gasteiger partial charge in [-0.25, -0.2) is 9.82 Å². The van der Waals surface area contributed by atoms with Gasteiger partial charge in [0.1, 0.15) is 10.9 Å². The molecule has 1 N–H and O–H groups in total. The van der Waals surface area contributed by atoms with Crippen molar-refractivity contribution in [2.75, 3.05) is 6.61 Å². The monoisotopic (exact) mass is 403 g/mol. The number of benzene rings is 2. The number of hydrogen-bond acceptors (Lipinski definition) is 5. The molecule has 0 spiro atoms. The van der Waals surface area contributed by atoms with Crippen molar-refractivity contribution in [3.05, 3.63) is 64.8 Å². The van der Waals surface area contributed by atoms with Crippen LogP contribution in [0, 0.1) is 6.92 Å². The minimum absolute atomic E-state index is 0.0845. The summed E-state index contributed by atoms with van der Waals surface area (Å²) < 4.78 is 29.9. The van der Waals surface area contributed by atoms with Gasteiger partial charge in [-0.3, -0.25) is 0 Å². The summed E-state index contributed by atoms with van der Waals surface area (Å²) in [6.07, 6.45) is 1.33. The number of hydrogen-bond donors (Lipinski definition) is 1. The Morgan fingerprint density at radius 1 is 1.19 bits per heavy atom. The molecule has 0 bridgehead atoms. The number of hydrazone groups is 1. The molecule has 3 rings (SSSR count). The van der Waals surface area contributed by atoms with Crippen molar-refractivity contribution in [3.8, 4) is 5.75 Å². The maximum absolute atomic E-state index is 12.3. The molecule has 0 aliphatic carbocycles. The molecule has 0 aliphatic heterocycles. The first-order valence-electron chi connectivity index (χ1n) is 8.23. The van der Waals surface area contributed by atoms with E-state index in [2.05, 4.69) is 14.9 Å². The molecule has 27 heavy (non-hydrogen) atoms. The van der Waals surface area contributed by atoms with E-state index in [1.807, 2.05) is 32.0 Å². The Morgan fingerprint density at radius 3 is 2.63 bits per heavy atom. The Kier molecular flexibility index (Phi) is 5.62. The van der Waals surface area contributed by atoms with Gasteiger partial charge >= 0.3 is 0 Å². The average molecular weight is 404 g/mol. The lowest BCUT2D eigenvalue weighted by Gasteiger charge is -2.06. The molecule has 140 valence electrons. The van der Waals surface area contributed by atoms with Gasteiger partial charge in [0.2, 0.25) is 0 Å². The van der Waals surface area contributed by atoms with Gasteiger partial charge in [-0.15, -0.1) is 0 Å². The Bertz CT molecular complexity index is 1100. The smallest absolute Gasteiger partial charge is 0.276 e. The van der Waals surface area contributed by atoms with E-state index in [0.717, 1.165) is 16.5 Å². The van der Waals surface area contributed by atoms with Crippen molar-refractivity contribution in [1.29, 1.82) is 0 Å². The molecule has 0 radical (unpaired) electrons. The van der Waals surface area contributed by atoms with Gasteiger partial charge < -0.3 is 4.74 Å². The minimum atomic E-state index is -3.79. The molecule has 8 heteroatoms. The quantitative estimate of drug-likeness (QED) is 0.384. The molecule has 3 aromatic rings. The molecule has 0 amide bonds. The number of ether oxygens (including phenoxy) is 1. The molecule has 1 aromatic heterocycles. The topological polar surface area (TPSA) is 80.7 Å². The van der Waals surface area contributed by atoms with E-state index >= 15 is 0 Å².